The average Bonchev–Trinajstić information content (AvgIpc) is 2.76. The largest absolute Gasteiger partial charge is 0.497 e. The zero-order chi connectivity index (χ0) is 22.8. The Morgan fingerprint density at radius 3 is 1.81 bits per heavy atom. The Labute approximate surface area is 186 Å². The number of halogens is 1. The second-order valence-electron chi connectivity index (χ2n) is 6.97. The fourth-order valence-corrected chi connectivity index (χ4v) is 3.38. The highest BCUT2D eigenvalue weighted by atomic mass is 35.5. The summed E-state index contributed by atoms with van der Waals surface area (Å²) in [6.07, 6.45) is 0. The van der Waals surface area contributed by atoms with E-state index in [1.807, 2.05) is 24.3 Å². The van der Waals surface area contributed by atoms with Crippen LogP contribution in [0, 0.1) is 0 Å². The van der Waals surface area contributed by atoms with Crippen LogP contribution in [0.3, 0.4) is 0 Å². The molecule has 1 saturated heterocycles. The van der Waals surface area contributed by atoms with Gasteiger partial charge >= 0.3 is 11.9 Å². The molecule has 2 aromatic rings. The van der Waals surface area contributed by atoms with Crippen LogP contribution in [-0.2, 0) is 22.7 Å². The number of carboxylic acid groups (broad SMARTS) is 2. The number of methoxy groups -OCH3 is 2. The third-order valence-corrected chi connectivity index (χ3v) is 5.19. The van der Waals surface area contributed by atoms with Crippen LogP contribution in [0.4, 0.5) is 0 Å². The summed E-state index contributed by atoms with van der Waals surface area (Å²) >= 11 is 6.28. The second kappa shape index (κ2) is 12.1. The van der Waals surface area contributed by atoms with Crippen molar-refractivity contribution in [3.05, 3.63) is 58.6 Å². The SMILES string of the molecule is COc1cc(CN2CCN(Cc3ccccc3Cl)CC2)cc(OC)c1.O=C(O)C(=O)O. The Balaban J connectivity index is 0.000000501. The third-order valence-electron chi connectivity index (χ3n) is 4.82. The first kappa shape index (κ1) is 24.5. The van der Waals surface area contributed by atoms with Crippen molar-refractivity contribution in [3.8, 4) is 11.5 Å². The fraction of sp³-hybridized carbons (Fsp3) is 0.364. The topological polar surface area (TPSA) is 99.5 Å². The quantitative estimate of drug-likeness (QED) is 0.648. The number of carbonyl (C=O) groups is 2. The molecular weight excluding hydrogens is 424 g/mol. The van der Waals surface area contributed by atoms with Crippen molar-refractivity contribution in [2.24, 2.45) is 0 Å². The fourth-order valence-electron chi connectivity index (χ4n) is 3.19. The van der Waals surface area contributed by atoms with Crippen molar-refractivity contribution in [3.63, 3.8) is 0 Å². The zero-order valence-electron chi connectivity index (χ0n) is 17.6. The predicted molar refractivity (Wildman–Crippen MR) is 117 cm³/mol. The van der Waals surface area contributed by atoms with Gasteiger partial charge in [-0.3, -0.25) is 9.80 Å². The summed E-state index contributed by atoms with van der Waals surface area (Å²) in [4.78, 5) is 23.1. The monoisotopic (exact) mass is 450 g/mol. The number of carboxylic acids is 2. The van der Waals surface area contributed by atoms with E-state index in [-0.39, 0.29) is 0 Å². The molecule has 1 heterocycles. The van der Waals surface area contributed by atoms with E-state index in [4.69, 9.17) is 40.9 Å². The van der Waals surface area contributed by atoms with E-state index in [1.165, 1.54) is 11.1 Å². The van der Waals surface area contributed by atoms with Gasteiger partial charge in [0.1, 0.15) is 11.5 Å². The van der Waals surface area contributed by atoms with Gasteiger partial charge < -0.3 is 19.7 Å². The number of aliphatic carboxylic acids is 2. The highest BCUT2D eigenvalue weighted by Crippen LogP contribution is 2.24. The van der Waals surface area contributed by atoms with Crippen LogP contribution in [-0.4, -0.2) is 72.4 Å². The van der Waals surface area contributed by atoms with E-state index in [0.29, 0.717) is 0 Å². The van der Waals surface area contributed by atoms with E-state index >= 15 is 0 Å². The summed E-state index contributed by atoms with van der Waals surface area (Å²) in [5, 5.41) is 15.6. The van der Waals surface area contributed by atoms with Crippen molar-refractivity contribution >= 4 is 23.5 Å². The lowest BCUT2D eigenvalue weighted by Crippen LogP contribution is -2.45. The lowest BCUT2D eigenvalue weighted by atomic mass is 10.1. The van der Waals surface area contributed by atoms with Gasteiger partial charge in [0.05, 0.1) is 14.2 Å². The molecule has 0 saturated carbocycles. The van der Waals surface area contributed by atoms with E-state index in [2.05, 4.69) is 28.0 Å². The molecule has 0 spiro atoms. The van der Waals surface area contributed by atoms with Gasteiger partial charge in [-0.05, 0) is 29.3 Å². The van der Waals surface area contributed by atoms with Crippen LogP contribution in [0.1, 0.15) is 11.1 Å². The minimum atomic E-state index is -1.82. The first-order valence-corrected chi connectivity index (χ1v) is 10.1. The minimum absolute atomic E-state index is 0.840. The van der Waals surface area contributed by atoms with Gasteiger partial charge in [0.15, 0.2) is 0 Å². The van der Waals surface area contributed by atoms with Gasteiger partial charge in [-0.15, -0.1) is 0 Å². The van der Waals surface area contributed by atoms with Crippen LogP contribution in [0.5, 0.6) is 11.5 Å². The van der Waals surface area contributed by atoms with Crippen LogP contribution < -0.4 is 9.47 Å². The van der Waals surface area contributed by atoms with Gasteiger partial charge in [0, 0.05) is 50.4 Å². The lowest BCUT2D eigenvalue weighted by Gasteiger charge is -2.35. The Morgan fingerprint density at radius 2 is 1.35 bits per heavy atom. The number of rotatable bonds is 6. The second-order valence-corrected chi connectivity index (χ2v) is 7.38. The van der Waals surface area contributed by atoms with Crippen molar-refractivity contribution in [2.45, 2.75) is 13.1 Å². The summed E-state index contributed by atoms with van der Waals surface area (Å²) < 4.78 is 10.7. The van der Waals surface area contributed by atoms with Crippen molar-refractivity contribution < 1.29 is 29.3 Å². The molecule has 31 heavy (non-hydrogen) atoms. The Hall–Kier alpha value is -2.81. The van der Waals surface area contributed by atoms with Crippen LogP contribution in [0.15, 0.2) is 42.5 Å². The molecule has 9 heteroatoms. The van der Waals surface area contributed by atoms with Crippen LogP contribution >= 0.6 is 11.6 Å². The molecule has 0 amide bonds. The maximum atomic E-state index is 9.10. The van der Waals surface area contributed by atoms with Crippen molar-refractivity contribution in [1.82, 2.24) is 9.80 Å². The van der Waals surface area contributed by atoms with Crippen molar-refractivity contribution in [2.75, 3.05) is 40.4 Å². The number of hydrogen-bond donors (Lipinski definition) is 2. The standard InChI is InChI=1S/C20H25ClN2O2.C2H2O4/c1-24-18-11-16(12-19(13-18)25-2)14-22-7-9-23(10-8-22)15-17-5-3-4-6-20(17)21;3-1(4)2(5)6/h3-6,11-13H,7-10,14-15H2,1-2H3;(H,3,4)(H,5,6). The number of piperazine rings is 1. The molecule has 0 aliphatic carbocycles. The number of ether oxygens (including phenoxy) is 2. The summed E-state index contributed by atoms with van der Waals surface area (Å²) in [6, 6.07) is 14.2. The van der Waals surface area contributed by atoms with Gasteiger partial charge in [-0.1, -0.05) is 29.8 Å². The molecule has 3 rings (SSSR count). The average molecular weight is 451 g/mol. The first-order valence-electron chi connectivity index (χ1n) is 9.68. The highest BCUT2D eigenvalue weighted by Gasteiger charge is 2.18. The minimum Gasteiger partial charge on any atom is -0.497 e. The molecule has 0 bridgehead atoms. The van der Waals surface area contributed by atoms with E-state index in [1.54, 1.807) is 14.2 Å². The Kier molecular flexibility index (Phi) is 9.58. The number of hydrogen-bond acceptors (Lipinski definition) is 6. The zero-order valence-corrected chi connectivity index (χ0v) is 18.3. The van der Waals surface area contributed by atoms with E-state index in [0.717, 1.165) is 55.8 Å². The molecule has 0 aromatic heterocycles. The smallest absolute Gasteiger partial charge is 0.414 e. The maximum absolute atomic E-state index is 9.10. The molecule has 1 aliphatic rings. The van der Waals surface area contributed by atoms with Crippen LogP contribution in [0.25, 0.3) is 0 Å². The number of benzene rings is 2. The van der Waals surface area contributed by atoms with Gasteiger partial charge in [0.2, 0.25) is 0 Å². The normalized spacial score (nSPS) is 14.3. The molecule has 2 aromatic carbocycles. The molecule has 8 nitrogen and oxygen atoms in total. The first-order chi connectivity index (χ1) is 14.8. The molecular formula is C22H27ClN2O6. The molecule has 2 N–H and O–H groups in total. The Bertz CT molecular complexity index is 850. The third kappa shape index (κ3) is 8.09. The predicted octanol–water partition coefficient (Wildman–Crippen LogP) is 2.83. The highest BCUT2D eigenvalue weighted by molar-refractivity contribution is 6.31. The number of nitrogens with zero attached hydrogens (tertiary/aromatic N) is 2. The van der Waals surface area contributed by atoms with Crippen LogP contribution in [0.2, 0.25) is 5.02 Å². The molecule has 168 valence electrons. The van der Waals surface area contributed by atoms with E-state index in [9.17, 15) is 0 Å². The molecule has 0 atom stereocenters. The molecule has 1 fully saturated rings. The summed E-state index contributed by atoms with van der Waals surface area (Å²) in [6.45, 7) is 6.01. The lowest BCUT2D eigenvalue weighted by molar-refractivity contribution is -0.159. The van der Waals surface area contributed by atoms with E-state index < -0.39 is 11.9 Å². The summed E-state index contributed by atoms with van der Waals surface area (Å²) in [5.41, 5.74) is 2.42. The molecule has 0 unspecified atom stereocenters. The summed E-state index contributed by atoms with van der Waals surface area (Å²) in [5.74, 6) is -1.97. The molecule has 0 radical (unpaired) electrons. The van der Waals surface area contributed by atoms with Gasteiger partial charge in [-0.2, -0.15) is 0 Å². The van der Waals surface area contributed by atoms with Gasteiger partial charge in [0.25, 0.3) is 0 Å². The Morgan fingerprint density at radius 1 is 0.871 bits per heavy atom. The van der Waals surface area contributed by atoms with Gasteiger partial charge in [-0.25, -0.2) is 9.59 Å². The maximum Gasteiger partial charge on any atom is 0.414 e. The summed E-state index contributed by atoms with van der Waals surface area (Å²) in [7, 11) is 3.37. The molecule has 1 aliphatic heterocycles. The van der Waals surface area contributed by atoms with Crippen molar-refractivity contribution in [1.29, 1.82) is 0 Å².